The van der Waals surface area contributed by atoms with Crippen molar-refractivity contribution in [3.8, 4) is 11.4 Å². The van der Waals surface area contributed by atoms with Crippen LogP contribution in [-0.4, -0.2) is 56.6 Å². The third-order valence-electron chi connectivity index (χ3n) is 6.69. The molecule has 1 amide bonds. The zero-order valence-corrected chi connectivity index (χ0v) is 19.8. The summed E-state index contributed by atoms with van der Waals surface area (Å²) in [6.07, 6.45) is 0. The topological polar surface area (TPSA) is 66.6 Å². The van der Waals surface area contributed by atoms with Crippen molar-refractivity contribution in [3.63, 3.8) is 0 Å². The van der Waals surface area contributed by atoms with Crippen molar-refractivity contribution in [2.24, 2.45) is 0 Å². The molecule has 5 aromatic rings. The van der Waals surface area contributed by atoms with E-state index in [-0.39, 0.29) is 5.91 Å². The van der Waals surface area contributed by atoms with Crippen LogP contribution in [0.4, 0.5) is 5.95 Å². The zero-order chi connectivity index (χ0) is 23.9. The van der Waals surface area contributed by atoms with Crippen molar-refractivity contribution in [2.75, 3.05) is 31.1 Å². The van der Waals surface area contributed by atoms with Crippen LogP contribution in [0, 0.1) is 13.8 Å². The Hall–Kier alpha value is -4.26. The number of amides is 1. The molecule has 6 rings (SSSR count). The number of anilines is 1. The zero-order valence-electron chi connectivity index (χ0n) is 19.8. The number of piperazine rings is 1. The van der Waals surface area contributed by atoms with Gasteiger partial charge in [-0.05, 0) is 38.1 Å². The lowest BCUT2D eigenvalue weighted by atomic mass is 10.1. The van der Waals surface area contributed by atoms with Gasteiger partial charge in [0.1, 0.15) is 0 Å². The molecule has 174 valence electrons. The molecule has 0 radical (unpaired) electrons. The molecule has 2 aromatic heterocycles. The number of carbonyl (C=O) groups is 1. The maximum atomic E-state index is 13.0. The molecule has 1 saturated heterocycles. The predicted octanol–water partition coefficient (Wildman–Crippen LogP) is 4.52. The molecule has 0 spiro atoms. The number of hydrogen-bond donors (Lipinski definition) is 0. The summed E-state index contributed by atoms with van der Waals surface area (Å²) in [5, 5.41) is 10.1. The lowest BCUT2D eigenvalue weighted by Gasteiger charge is -2.35. The Morgan fingerprint density at radius 3 is 2.14 bits per heavy atom. The van der Waals surface area contributed by atoms with Crippen LogP contribution in [0.15, 0.2) is 72.8 Å². The molecule has 0 saturated carbocycles. The standard InChI is InChI=1S/C28H26N6O/c1-19-7-11-21(12-8-19)25-30-31-26-23-5-3-4-6-24(23)29-28(34(25)26)33-17-15-32(16-18-33)27(35)22-13-9-20(2)10-14-22/h3-14H,15-18H2,1-2H3. The first-order valence-corrected chi connectivity index (χ1v) is 11.9. The molecule has 1 aliphatic heterocycles. The van der Waals surface area contributed by atoms with Crippen LogP contribution in [0.3, 0.4) is 0 Å². The van der Waals surface area contributed by atoms with E-state index in [0.717, 1.165) is 45.0 Å². The Bertz CT molecular complexity index is 1530. The van der Waals surface area contributed by atoms with E-state index in [0.29, 0.717) is 26.2 Å². The van der Waals surface area contributed by atoms with Gasteiger partial charge in [-0.1, -0.05) is 59.7 Å². The smallest absolute Gasteiger partial charge is 0.253 e. The van der Waals surface area contributed by atoms with Gasteiger partial charge in [0.15, 0.2) is 11.5 Å². The quantitative estimate of drug-likeness (QED) is 0.394. The molecule has 7 nitrogen and oxygen atoms in total. The summed E-state index contributed by atoms with van der Waals surface area (Å²) in [5.41, 5.74) is 5.75. The first-order chi connectivity index (χ1) is 17.1. The summed E-state index contributed by atoms with van der Waals surface area (Å²) in [7, 11) is 0. The first-order valence-electron chi connectivity index (χ1n) is 11.9. The molecule has 3 heterocycles. The Balaban J connectivity index is 1.37. The van der Waals surface area contributed by atoms with E-state index in [1.807, 2.05) is 60.4 Å². The van der Waals surface area contributed by atoms with Gasteiger partial charge in [-0.3, -0.25) is 4.79 Å². The van der Waals surface area contributed by atoms with Gasteiger partial charge in [-0.25, -0.2) is 9.38 Å². The molecule has 1 fully saturated rings. The lowest BCUT2D eigenvalue weighted by Crippen LogP contribution is -2.49. The molecule has 0 atom stereocenters. The third-order valence-corrected chi connectivity index (χ3v) is 6.69. The highest BCUT2D eigenvalue weighted by atomic mass is 16.2. The number of nitrogens with zero attached hydrogens (tertiary/aromatic N) is 6. The summed E-state index contributed by atoms with van der Waals surface area (Å²) in [5.74, 6) is 1.65. The highest BCUT2D eigenvalue weighted by Crippen LogP contribution is 2.29. The Kier molecular flexibility index (Phi) is 5.17. The molecule has 0 aliphatic carbocycles. The number of aromatic nitrogens is 4. The molecular formula is C28H26N6O. The largest absolute Gasteiger partial charge is 0.338 e. The van der Waals surface area contributed by atoms with E-state index in [1.54, 1.807) is 0 Å². The average Bonchev–Trinajstić information content (AvgIpc) is 3.34. The number of benzene rings is 3. The van der Waals surface area contributed by atoms with Crippen LogP contribution in [-0.2, 0) is 0 Å². The van der Waals surface area contributed by atoms with Crippen molar-refractivity contribution >= 4 is 28.4 Å². The van der Waals surface area contributed by atoms with Gasteiger partial charge in [0.25, 0.3) is 5.91 Å². The molecule has 0 unspecified atom stereocenters. The fourth-order valence-electron chi connectivity index (χ4n) is 4.66. The van der Waals surface area contributed by atoms with Gasteiger partial charge in [0.05, 0.1) is 5.52 Å². The minimum Gasteiger partial charge on any atom is -0.338 e. The van der Waals surface area contributed by atoms with Crippen LogP contribution < -0.4 is 4.90 Å². The van der Waals surface area contributed by atoms with Crippen molar-refractivity contribution in [2.45, 2.75) is 13.8 Å². The third kappa shape index (κ3) is 3.79. The summed E-state index contributed by atoms with van der Waals surface area (Å²) in [6, 6.07) is 24.1. The fraction of sp³-hybridized carbons (Fsp3) is 0.214. The van der Waals surface area contributed by atoms with E-state index in [1.165, 1.54) is 5.56 Å². The monoisotopic (exact) mass is 462 g/mol. The molecular weight excluding hydrogens is 436 g/mol. The summed E-state index contributed by atoms with van der Waals surface area (Å²) in [4.78, 5) is 22.2. The number of para-hydroxylation sites is 1. The second kappa shape index (κ2) is 8.51. The van der Waals surface area contributed by atoms with Crippen molar-refractivity contribution in [1.82, 2.24) is 24.5 Å². The van der Waals surface area contributed by atoms with Gasteiger partial charge in [-0.2, -0.15) is 0 Å². The van der Waals surface area contributed by atoms with Crippen molar-refractivity contribution in [3.05, 3.63) is 89.5 Å². The van der Waals surface area contributed by atoms with Crippen molar-refractivity contribution < 1.29 is 4.79 Å². The summed E-state index contributed by atoms with van der Waals surface area (Å²) >= 11 is 0. The number of carbonyl (C=O) groups excluding carboxylic acids is 1. The second-order valence-corrected chi connectivity index (χ2v) is 9.12. The Labute approximate surface area is 203 Å². The highest BCUT2D eigenvalue weighted by molar-refractivity contribution is 5.95. The fourth-order valence-corrected chi connectivity index (χ4v) is 4.66. The second-order valence-electron chi connectivity index (χ2n) is 9.12. The molecule has 3 aromatic carbocycles. The van der Waals surface area contributed by atoms with Gasteiger partial charge in [0.2, 0.25) is 5.95 Å². The van der Waals surface area contributed by atoms with Crippen LogP contribution in [0.5, 0.6) is 0 Å². The number of hydrogen-bond acceptors (Lipinski definition) is 5. The molecule has 1 aliphatic rings. The molecule has 7 heteroatoms. The summed E-state index contributed by atoms with van der Waals surface area (Å²) in [6.45, 7) is 6.73. The Morgan fingerprint density at radius 1 is 0.771 bits per heavy atom. The van der Waals surface area contributed by atoms with E-state index < -0.39 is 0 Å². The number of rotatable bonds is 3. The van der Waals surface area contributed by atoms with E-state index in [9.17, 15) is 4.79 Å². The maximum absolute atomic E-state index is 13.0. The Morgan fingerprint density at radius 2 is 1.43 bits per heavy atom. The van der Waals surface area contributed by atoms with E-state index in [4.69, 9.17) is 4.98 Å². The molecule has 0 N–H and O–H groups in total. The van der Waals surface area contributed by atoms with E-state index >= 15 is 0 Å². The predicted molar refractivity (Wildman–Crippen MR) is 138 cm³/mol. The minimum absolute atomic E-state index is 0.0749. The van der Waals surface area contributed by atoms with E-state index in [2.05, 4.69) is 50.7 Å². The SMILES string of the molecule is Cc1ccc(C(=O)N2CCN(c3nc4ccccc4c4nnc(-c5ccc(C)cc5)n34)CC2)cc1. The first kappa shape index (κ1) is 21.3. The number of aryl methyl sites for hydroxylation is 2. The van der Waals surface area contributed by atoms with Gasteiger partial charge >= 0.3 is 0 Å². The minimum atomic E-state index is 0.0749. The normalized spacial score (nSPS) is 14.1. The molecule has 35 heavy (non-hydrogen) atoms. The van der Waals surface area contributed by atoms with Gasteiger partial charge in [0, 0.05) is 42.7 Å². The van der Waals surface area contributed by atoms with Crippen LogP contribution in [0.25, 0.3) is 27.9 Å². The number of fused-ring (bicyclic) bond motifs is 3. The highest BCUT2D eigenvalue weighted by Gasteiger charge is 2.26. The van der Waals surface area contributed by atoms with Crippen LogP contribution in [0.1, 0.15) is 21.5 Å². The van der Waals surface area contributed by atoms with Crippen LogP contribution in [0.2, 0.25) is 0 Å². The van der Waals surface area contributed by atoms with Gasteiger partial charge < -0.3 is 9.80 Å². The maximum Gasteiger partial charge on any atom is 0.253 e. The van der Waals surface area contributed by atoms with Gasteiger partial charge in [-0.15, -0.1) is 10.2 Å². The van der Waals surface area contributed by atoms with Crippen LogP contribution >= 0.6 is 0 Å². The average molecular weight is 463 g/mol. The van der Waals surface area contributed by atoms with Crippen molar-refractivity contribution in [1.29, 1.82) is 0 Å². The lowest BCUT2D eigenvalue weighted by molar-refractivity contribution is 0.0746. The summed E-state index contributed by atoms with van der Waals surface area (Å²) < 4.78 is 2.06. The molecule has 0 bridgehead atoms.